The molecule has 1 unspecified atom stereocenters. The highest BCUT2D eigenvalue weighted by atomic mass is 32.1. The van der Waals surface area contributed by atoms with Gasteiger partial charge in [0.2, 0.25) is 0 Å². The van der Waals surface area contributed by atoms with Crippen LogP contribution in [0.4, 0.5) is 5.13 Å². The summed E-state index contributed by atoms with van der Waals surface area (Å²) in [7, 11) is 0. The van der Waals surface area contributed by atoms with E-state index in [0.29, 0.717) is 6.04 Å². The minimum absolute atomic E-state index is 0.313. The summed E-state index contributed by atoms with van der Waals surface area (Å²) in [5.74, 6) is 1.02. The van der Waals surface area contributed by atoms with Crippen LogP contribution in [0.15, 0.2) is 11.7 Å². The van der Waals surface area contributed by atoms with Crippen LogP contribution in [0.1, 0.15) is 37.8 Å². The molecule has 0 radical (unpaired) electrons. The predicted molar refractivity (Wildman–Crippen MR) is 79.9 cm³/mol. The minimum atomic E-state index is 0.313. The molecule has 6 nitrogen and oxygen atoms in total. The summed E-state index contributed by atoms with van der Waals surface area (Å²) in [5.41, 5.74) is 1.13. The van der Waals surface area contributed by atoms with Crippen molar-refractivity contribution in [2.75, 3.05) is 18.0 Å². The van der Waals surface area contributed by atoms with Gasteiger partial charge in [0.25, 0.3) is 0 Å². The second-order valence-corrected chi connectivity index (χ2v) is 5.93. The minimum Gasteiger partial charge on any atom is -0.339 e. The van der Waals surface area contributed by atoms with Crippen molar-refractivity contribution >= 4 is 16.5 Å². The molecule has 108 valence electrons. The molecule has 0 saturated carbocycles. The molecule has 0 spiro atoms. The molecule has 0 aliphatic carbocycles. The third-order valence-electron chi connectivity index (χ3n) is 3.56. The molecule has 3 heterocycles. The molecule has 0 amide bonds. The van der Waals surface area contributed by atoms with E-state index in [2.05, 4.69) is 44.2 Å². The van der Waals surface area contributed by atoms with Crippen molar-refractivity contribution in [3.05, 3.63) is 23.2 Å². The van der Waals surface area contributed by atoms with Gasteiger partial charge in [0.1, 0.15) is 6.33 Å². The lowest BCUT2D eigenvalue weighted by Gasteiger charge is -2.26. The van der Waals surface area contributed by atoms with Gasteiger partial charge in [0, 0.05) is 24.5 Å². The molecule has 1 atom stereocenters. The maximum Gasteiger partial charge on any atom is 0.186 e. The maximum atomic E-state index is 4.77. The van der Waals surface area contributed by atoms with Crippen molar-refractivity contribution in [1.82, 2.24) is 25.1 Å². The SMILES string of the molecule is CCCNC(C)c1csc(N2CCn3cnnc3C2)n1. The second-order valence-electron chi connectivity index (χ2n) is 5.09. The Labute approximate surface area is 122 Å². The zero-order chi connectivity index (χ0) is 13.9. The van der Waals surface area contributed by atoms with Crippen molar-refractivity contribution in [3.63, 3.8) is 0 Å². The fourth-order valence-electron chi connectivity index (χ4n) is 2.32. The van der Waals surface area contributed by atoms with E-state index in [4.69, 9.17) is 4.98 Å². The first-order chi connectivity index (χ1) is 9.78. The number of anilines is 1. The van der Waals surface area contributed by atoms with Crippen LogP contribution >= 0.6 is 11.3 Å². The Kier molecular flexibility index (Phi) is 3.98. The number of nitrogens with one attached hydrogen (secondary N) is 1. The van der Waals surface area contributed by atoms with Gasteiger partial charge in [-0.1, -0.05) is 6.92 Å². The Morgan fingerprint density at radius 1 is 1.45 bits per heavy atom. The standard InChI is InChI=1S/C13H20N6S/c1-3-4-14-10(2)11-8-20-13(16-11)18-5-6-19-9-15-17-12(19)7-18/h8-10,14H,3-7H2,1-2H3. The summed E-state index contributed by atoms with van der Waals surface area (Å²) < 4.78 is 2.11. The van der Waals surface area contributed by atoms with Crippen molar-refractivity contribution in [3.8, 4) is 0 Å². The Balaban J connectivity index is 1.68. The maximum absolute atomic E-state index is 4.77. The molecule has 2 aromatic heterocycles. The van der Waals surface area contributed by atoms with Crippen LogP contribution in [0, 0.1) is 0 Å². The van der Waals surface area contributed by atoms with Crippen LogP contribution in [0.5, 0.6) is 0 Å². The molecular weight excluding hydrogens is 272 g/mol. The van der Waals surface area contributed by atoms with E-state index < -0.39 is 0 Å². The number of thiazole rings is 1. The predicted octanol–water partition coefficient (Wildman–Crippen LogP) is 1.82. The molecule has 7 heteroatoms. The first kappa shape index (κ1) is 13.5. The molecular formula is C13H20N6S. The zero-order valence-corrected chi connectivity index (χ0v) is 12.7. The summed E-state index contributed by atoms with van der Waals surface area (Å²) in [6.45, 7) is 8.07. The summed E-state index contributed by atoms with van der Waals surface area (Å²) in [6.07, 6.45) is 2.94. The lowest BCUT2D eigenvalue weighted by molar-refractivity contribution is 0.549. The fourth-order valence-corrected chi connectivity index (χ4v) is 3.26. The molecule has 0 saturated heterocycles. The van der Waals surface area contributed by atoms with Gasteiger partial charge < -0.3 is 14.8 Å². The van der Waals surface area contributed by atoms with Crippen molar-refractivity contribution in [1.29, 1.82) is 0 Å². The largest absolute Gasteiger partial charge is 0.339 e. The first-order valence-electron chi connectivity index (χ1n) is 7.08. The number of hydrogen-bond donors (Lipinski definition) is 1. The van der Waals surface area contributed by atoms with E-state index in [0.717, 1.165) is 49.2 Å². The van der Waals surface area contributed by atoms with E-state index in [-0.39, 0.29) is 0 Å². The number of aromatic nitrogens is 4. The first-order valence-corrected chi connectivity index (χ1v) is 7.96. The van der Waals surface area contributed by atoms with Crippen molar-refractivity contribution in [2.24, 2.45) is 0 Å². The van der Waals surface area contributed by atoms with Crippen LogP contribution in [0.3, 0.4) is 0 Å². The van der Waals surface area contributed by atoms with Gasteiger partial charge >= 0.3 is 0 Å². The van der Waals surface area contributed by atoms with Crippen molar-refractivity contribution in [2.45, 2.75) is 39.4 Å². The molecule has 1 aliphatic heterocycles. The summed E-state index contributed by atoms with van der Waals surface area (Å²) in [5, 5.41) is 14.8. The molecule has 20 heavy (non-hydrogen) atoms. The Morgan fingerprint density at radius 3 is 3.20 bits per heavy atom. The number of nitrogens with zero attached hydrogens (tertiary/aromatic N) is 5. The molecule has 3 rings (SSSR count). The summed E-state index contributed by atoms with van der Waals surface area (Å²) >= 11 is 1.71. The summed E-state index contributed by atoms with van der Waals surface area (Å²) in [6, 6.07) is 0.313. The molecule has 0 bridgehead atoms. The van der Waals surface area contributed by atoms with Gasteiger partial charge in [-0.05, 0) is 19.9 Å². The van der Waals surface area contributed by atoms with Crippen LogP contribution in [-0.4, -0.2) is 32.8 Å². The molecule has 1 N–H and O–H groups in total. The fraction of sp³-hybridized carbons (Fsp3) is 0.615. The van der Waals surface area contributed by atoms with E-state index in [1.807, 2.05) is 0 Å². The lowest BCUT2D eigenvalue weighted by atomic mass is 10.2. The average Bonchev–Trinajstić information content (AvgIpc) is 3.12. The summed E-state index contributed by atoms with van der Waals surface area (Å²) in [4.78, 5) is 7.05. The molecule has 2 aromatic rings. The third-order valence-corrected chi connectivity index (χ3v) is 4.48. The lowest BCUT2D eigenvalue weighted by Crippen LogP contribution is -2.33. The van der Waals surface area contributed by atoms with E-state index >= 15 is 0 Å². The van der Waals surface area contributed by atoms with Crippen molar-refractivity contribution < 1.29 is 0 Å². The van der Waals surface area contributed by atoms with E-state index in [1.54, 1.807) is 17.7 Å². The van der Waals surface area contributed by atoms with Crippen LogP contribution < -0.4 is 10.2 Å². The van der Waals surface area contributed by atoms with Gasteiger partial charge in [-0.25, -0.2) is 4.98 Å². The topological polar surface area (TPSA) is 58.9 Å². The second kappa shape index (κ2) is 5.88. The Hall–Kier alpha value is -1.47. The monoisotopic (exact) mass is 292 g/mol. The van der Waals surface area contributed by atoms with Gasteiger partial charge in [-0.2, -0.15) is 0 Å². The highest BCUT2D eigenvalue weighted by Crippen LogP contribution is 2.26. The molecule has 0 fully saturated rings. The van der Waals surface area contributed by atoms with E-state index in [1.165, 1.54) is 0 Å². The molecule has 0 aromatic carbocycles. The Morgan fingerprint density at radius 2 is 2.35 bits per heavy atom. The van der Waals surface area contributed by atoms with Gasteiger partial charge in [0.05, 0.1) is 12.2 Å². The average molecular weight is 292 g/mol. The smallest absolute Gasteiger partial charge is 0.186 e. The van der Waals surface area contributed by atoms with Crippen LogP contribution in [-0.2, 0) is 13.1 Å². The quantitative estimate of drug-likeness (QED) is 0.911. The van der Waals surface area contributed by atoms with Crippen LogP contribution in [0.2, 0.25) is 0 Å². The number of fused-ring (bicyclic) bond motifs is 1. The van der Waals surface area contributed by atoms with Crippen LogP contribution in [0.25, 0.3) is 0 Å². The third kappa shape index (κ3) is 2.69. The number of hydrogen-bond acceptors (Lipinski definition) is 6. The molecule has 1 aliphatic rings. The zero-order valence-electron chi connectivity index (χ0n) is 11.9. The highest BCUT2D eigenvalue weighted by Gasteiger charge is 2.20. The number of rotatable bonds is 5. The van der Waals surface area contributed by atoms with Gasteiger partial charge in [0.15, 0.2) is 11.0 Å². The highest BCUT2D eigenvalue weighted by molar-refractivity contribution is 7.13. The van der Waals surface area contributed by atoms with E-state index in [9.17, 15) is 0 Å². The normalized spacial score (nSPS) is 16.2. The Bertz CT molecular complexity index is 563. The van der Waals surface area contributed by atoms with Gasteiger partial charge in [-0.15, -0.1) is 21.5 Å². The van der Waals surface area contributed by atoms with Gasteiger partial charge in [-0.3, -0.25) is 0 Å².